The summed E-state index contributed by atoms with van der Waals surface area (Å²) in [6.45, 7) is 4.60. The molecule has 0 aliphatic heterocycles. The predicted octanol–water partition coefficient (Wildman–Crippen LogP) is 2.50. The predicted molar refractivity (Wildman–Crippen MR) is 78.3 cm³/mol. The highest BCUT2D eigenvalue weighted by Crippen LogP contribution is 2.27. The Morgan fingerprint density at radius 3 is 2.79 bits per heavy atom. The van der Waals surface area contributed by atoms with Crippen molar-refractivity contribution in [3.63, 3.8) is 0 Å². The van der Waals surface area contributed by atoms with Gasteiger partial charge < -0.3 is 10.1 Å². The van der Waals surface area contributed by atoms with Crippen molar-refractivity contribution in [2.24, 2.45) is 0 Å². The minimum atomic E-state index is 0.734. The third-order valence-corrected chi connectivity index (χ3v) is 3.96. The van der Waals surface area contributed by atoms with Crippen LogP contribution < -0.4 is 5.32 Å². The van der Waals surface area contributed by atoms with Crippen molar-refractivity contribution in [1.82, 2.24) is 15.3 Å². The van der Waals surface area contributed by atoms with Gasteiger partial charge in [-0.05, 0) is 18.6 Å². The molecule has 0 aliphatic rings. The number of rotatable bonds is 7. The molecule has 0 fully saturated rings. The number of nitrogens with zero attached hydrogens (tertiary/aromatic N) is 2. The molecule has 0 amide bonds. The van der Waals surface area contributed by atoms with Gasteiger partial charge in [0.2, 0.25) is 0 Å². The third kappa shape index (κ3) is 3.83. The maximum absolute atomic E-state index is 5.03. The van der Waals surface area contributed by atoms with E-state index in [0.29, 0.717) is 0 Å². The second-order valence-corrected chi connectivity index (χ2v) is 5.23. The average molecular weight is 277 g/mol. The highest BCUT2D eigenvalue weighted by Gasteiger charge is 2.10. The van der Waals surface area contributed by atoms with Crippen LogP contribution in [-0.4, -0.2) is 30.2 Å². The van der Waals surface area contributed by atoms with E-state index < -0.39 is 0 Å². The van der Waals surface area contributed by atoms with Gasteiger partial charge in [0, 0.05) is 43.0 Å². The zero-order valence-corrected chi connectivity index (χ0v) is 12.2. The molecule has 2 aromatic heterocycles. The fraction of sp³-hybridized carbons (Fsp3) is 0.429. The highest BCUT2D eigenvalue weighted by atomic mass is 32.1. The van der Waals surface area contributed by atoms with E-state index in [9.17, 15) is 0 Å². The largest absolute Gasteiger partial charge is 0.383 e. The molecule has 19 heavy (non-hydrogen) atoms. The van der Waals surface area contributed by atoms with Gasteiger partial charge in [-0.1, -0.05) is 6.92 Å². The number of ether oxygens (including phenoxy) is 1. The summed E-state index contributed by atoms with van der Waals surface area (Å²) in [6, 6.07) is 4.00. The lowest BCUT2D eigenvalue weighted by atomic mass is 10.2. The van der Waals surface area contributed by atoms with Crippen LogP contribution >= 0.6 is 11.3 Å². The molecule has 0 spiro atoms. The highest BCUT2D eigenvalue weighted by molar-refractivity contribution is 7.15. The lowest BCUT2D eigenvalue weighted by Gasteiger charge is -2.02. The van der Waals surface area contributed by atoms with Gasteiger partial charge in [-0.25, -0.2) is 4.98 Å². The fourth-order valence-corrected chi connectivity index (χ4v) is 2.92. The normalized spacial score (nSPS) is 10.8. The summed E-state index contributed by atoms with van der Waals surface area (Å²) >= 11 is 1.75. The van der Waals surface area contributed by atoms with E-state index in [4.69, 9.17) is 9.72 Å². The van der Waals surface area contributed by atoms with E-state index in [1.54, 1.807) is 30.8 Å². The Kier molecular flexibility index (Phi) is 5.44. The maximum Gasteiger partial charge on any atom is 0.124 e. The molecule has 4 nitrogen and oxygen atoms in total. The standard InChI is InChI=1S/C14H19N3OS/c1-3-12-13(10-16-8-9-18-2)19-14(17-12)11-4-6-15-7-5-11/h4-7,16H,3,8-10H2,1-2H3. The smallest absolute Gasteiger partial charge is 0.124 e. The fourth-order valence-electron chi connectivity index (χ4n) is 1.79. The van der Waals surface area contributed by atoms with Crippen LogP contribution in [0.25, 0.3) is 10.6 Å². The van der Waals surface area contributed by atoms with Crippen LogP contribution in [0.2, 0.25) is 0 Å². The van der Waals surface area contributed by atoms with Crippen molar-refractivity contribution in [2.45, 2.75) is 19.9 Å². The first-order valence-corrected chi connectivity index (χ1v) is 7.25. The van der Waals surface area contributed by atoms with Gasteiger partial charge >= 0.3 is 0 Å². The zero-order valence-electron chi connectivity index (χ0n) is 11.3. The molecular formula is C14H19N3OS. The number of aromatic nitrogens is 2. The average Bonchev–Trinajstić information content (AvgIpc) is 2.88. The SMILES string of the molecule is CCc1nc(-c2ccncc2)sc1CNCCOC. The van der Waals surface area contributed by atoms with Crippen molar-refractivity contribution < 1.29 is 4.74 Å². The summed E-state index contributed by atoms with van der Waals surface area (Å²) in [6.07, 6.45) is 4.57. The van der Waals surface area contributed by atoms with Crippen LogP contribution in [-0.2, 0) is 17.7 Å². The summed E-state index contributed by atoms with van der Waals surface area (Å²) in [7, 11) is 1.72. The molecule has 0 unspecified atom stereocenters. The second-order valence-electron chi connectivity index (χ2n) is 4.15. The van der Waals surface area contributed by atoms with Crippen molar-refractivity contribution in [2.75, 3.05) is 20.3 Å². The topological polar surface area (TPSA) is 47.0 Å². The Hall–Kier alpha value is -1.30. The van der Waals surface area contributed by atoms with Gasteiger partial charge in [0.1, 0.15) is 5.01 Å². The molecule has 2 heterocycles. The van der Waals surface area contributed by atoms with Crippen LogP contribution in [0.5, 0.6) is 0 Å². The van der Waals surface area contributed by atoms with Crippen LogP contribution in [0.4, 0.5) is 0 Å². The summed E-state index contributed by atoms with van der Waals surface area (Å²) in [5.41, 5.74) is 2.32. The molecule has 102 valence electrons. The Morgan fingerprint density at radius 2 is 2.11 bits per heavy atom. The maximum atomic E-state index is 5.03. The van der Waals surface area contributed by atoms with Gasteiger partial charge in [0.15, 0.2) is 0 Å². The summed E-state index contributed by atoms with van der Waals surface area (Å²) in [5.74, 6) is 0. The first-order chi connectivity index (χ1) is 9.35. The van der Waals surface area contributed by atoms with Crippen LogP contribution in [0.3, 0.4) is 0 Å². The molecule has 2 rings (SSSR count). The number of pyridine rings is 1. The van der Waals surface area contributed by atoms with Crippen molar-refractivity contribution in [3.8, 4) is 10.6 Å². The van der Waals surface area contributed by atoms with E-state index in [1.807, 2.05) is 12.1 Å². The molecule has 0 aromatic carbocycles. The minimum Gasteiger partial charge on any atom is -0.383 e. The first kappa shape index (κ1) is 14.1. The number of aryl methyl sites for hydroxylation is 1. The van der Waals surface area contributed by atoms with Gasteiger partial charge in [-0.3, -0.25) is 4.98 Å². The number of hydrogen-bond acceptors (Lipinski definition) is 5. The monoisotopic (exact) mass is 277 g/mol. The number of thiazole rings is 1. The Bertz CT molecular complexity index is 499. The molecule has 0 aliphatic carbocycles. The molecule has 0 saturated heterocycles. The van der Waals surface area contributed by atoms with E-state index in [1.165, 1.54) is 10.6 Å². The van der Waals surface area contributed by atoms with Crippen LogP contribution in [0.1, 0.15) is 17.5 Å². The van der Waals surface area contributed by atoms with E-state index in [2.05, 4.69) is 17.2 Å². The first-order valence-electron chi connectivity index (χ1n) is 6.43. The lowest BCUT2D eigenvalue weighted by molar-refractivity contribution is 0.199. The van der Waals surface area contributed by atoms with Gasteiger partial charge in [-0.2, -0.15) is 0 Å². The Balaban J connectivity index is 2.09. The number of hydrogen-bond donors (Lipinski definition) is 1. The number of methoxy groups -OCH3 is 1. The number of nitrogens with one attached hydrogen (secondary N) is 1. The second kappa shape index (κ2) is 7.33. The van der Waals surface area contributed by atoms with Gasteiger partial charge in [0.05, 0.1) is 12.3 Å². The van der Waals surface area contributed by atoms with Crippen molar-refractivity contribution in [3.05, 3.63) is 35.1 Å². The molecule has 0 atom stereocenters. The van der Waals surface area contributed by atoms with E-state index in [0.717, 1.165) is 36.7 Å². The zero-order chi connectivity index (χ0) is 13.5. The Labute approximate surface area is 117 Å². The van der Waals surface area contributed by atoms with Crippen molar-refractivity contribution >= 4 is 11.3 Å². The summed E-state index contributed by atoms with van der Waals surface area (Å²) in [5, 5.41) is 4.45. The Morgan fingerprint density at radius 1 is 1.32 bits per heavy atom. The molecule has 0 saturated carbocycles. The molecular weight excluding hydrogens is 258 g/mol. The summed E-state index contributed by atoms with van der Waals surface area (Å²) < 4.78 is 5.03. The van der Waals surface area contributed by atoms with E-state index >= 15 is 0 Å². The molecule has 1 N–H and O–H groups in total. The van der Waals surface area contributed by atoms with Crippen LogP contribution in [0.15, 0.2) is 24.5 Å². The third-order valence-electron chi connectivity index (χ3n) is 2.81. The van der Waals surface area contributed by atoms with Gasteiger partial charge in [-0.15, -0.1) is 11.3 Å². The van der Waals surface area contributed by atoms with Crippen LogP contribution in [0, 0.1) is 0 Å². The molecule has 0 bridgehead atoms. The van der Waals surface area contributed by atoms with E-state index in [-0.39, 0.29) is 0 Å². The molecule has 5 heteroatoms. The van der Waals surface area contributed by atoms with Gasteiger partial charge in [0.25, 0.3) is 0 Å². The molecule has 0 radical (unpaired) electrons. The van der Waals surface area contributed by atoms with Crippen molar-refractivity contribution in [1.29, 1.82) is 0 Å². The minimum absolute atomic E-state index is 0.734. The lowest BCUT2D eigenvalue weighted by Crippen LogP contribution is -2.18. The summed E-state index contributed by atoms with van der Waals surface area (Å²) in [4.78, 5) is 10.1. The molecule has 2 aromatic rings. The quantitative estimate of drug-likeness (QED) is 0.790.